The van der Waals surface area contributed by atoms with Crippen LogP contribution in [-0.4, -0.2) is 59.5 Å². The Morgan fingerprint density at radius 3 is 2.58 bits per heavy atom. The van der Waals surface area contributed by atoms with E-state index in [-0.39, 0.29) is 17.4 Å². The Labute approximate surface area is 152 Å². The average Bonchev–Trinajstić information content (AvgIpc) is 2.57. The molecule has 1 fully saturated rings. The number of hydrogen-bond acceptors (Lipinski definition) is 4. The molecule has 2 aromatic rings. The van der Waals surface area contributed by atoms with Crippen LogP contribution in [-0.2, 0) is 11.3 Å². The van der Waals surface area contributed by atoms with Crippen LogP contribution in [0.4, 0.5) is 4.39 Å². The summed E-state index contributed by atoms with van der Waals surface area (Å²) in [6, 6.07) is 5.91. The number of rotatable bonds is 5. The number of aromatic nitrogens is 1. The first kappa shape index (κ1) is 18.5. The summed E-state index contributed by atoms with van der Waals surface area (Å²) in [5.74, 6) is -0.354. The minimum Gasteiger partial charge on any atom is -0.357 e. The Balaban J connectivity index is 1.58. The van der Waals surface area contributed by atoms with Crippen molar-refractivity contribution in [1.82, 2.24) is 20.1 Å². The summed E-state index contributed by atoms with van der Waals surface area (Å²) in [5.41, 5.74) is 1.30. The van der Waals surface area contributed by atoms with Gasteiger partial charge in [0.25, 0.3) is 0 Å². The van der Waals surface area contributed by atoms with Gasteiger partial charge in [0, 0.05) is 61.4 Å². The second-order valence-electron chi connectivity index (χ2n) is 7.12. The van der Waals surface area contributed by atoms with Crippen LogP contribution >= 0.6 is 0 Å². The second kappa shape index (κ2) is 7.97. The first-order valence-electron chi connectivity index (χ1n) is 8.96. The standard InChI is InChI=1S/C19H25FN4O2/c1-13(2)21-19(26)12-24-7-5-23(6-8-24)11-15-10-18(25)16-9-14(20)3-4-17(16)22-15/h3-4,9-10,13H,5-8,11-12H2,1-2H3,(H,21,26)(H,22,25). The molecule has 140 valence electrons. The highest BCUT2D eigenvalue weighted by Crippen LogP contribution is 2.12. The number of pyridine rings is 1. The highest BCUT2D eigenvalue weighted by atomic mass is 19.1. The molecule has 7 heteroatoms. The predicted octanol–water partition coefficient (Wildman–Crippen LogP) is 1.31. The van der Waals surface area contributed by atoms with Crippen molar-refractivity contribution in [2.75, 3.05) is 32.7 Å². The maximum Gasteiger partial charge on any atom is 0.234 e. The molecule has 0 bridgehead atoms. The number of benzene rings is 1. The van der Waals surface area contributed by atoms with Crippen LogP contribution in [0.25, 0.3) is 10.9 Å². The number of amides is 1. The quantitative estimate of drug-likeness (QED) is 0.844. The summed E-state index contributed by atoms with van der Waals surface area (Å²) in [5, 5.41) is 3.28. The molecule has 1 aliphatic rings. The minimum atomic E-state index is -0.409. The van der Waals surface area contributed by atoms with Gasteiger partial charge in [0.15, 0.2) is 5.43 Å². The highest BCUT2D eigenvalue weighted by Gasteiger charge is 2.19. The molecule has 6 nitrogen and oxygen atoms in total. The lowest BCUT2D eigenvalue weighted by atomic mass is 10.2. The molecular weight excluding hydrogens is 335 g/mol. The van der Waals surface area contributed by atoms with Gasteiger partial charge in [-0.05, 0) is 32.0 Å². The zero-order chi connectivity index (χ0) is 18.7. The van der Waals surface area contributed by atoms with Crippen LogP contribution in [0.15, 0.2) is 29.1 Å². The van der Waals surface area contributed by atoms with E-state index in [2.05, 4.69) is 20.1 Å². The van der Waals surface area contributed by atoms with Gasteiger partial charge in [-0.2, -0.15) is 0 Å². The minimum absolute atomic E-state index is 0.0551. The van der Waals surface area contributed by atoms with E-state index in [0.717, 1.165) is 31.9 Å². The molecule has 1 aliphatic heterocycles. The van der Waals surface area contributed by atoms with E-state index < -0.39 is 5.82 Å². The van der Waals surface area contributed by atoms with Gasteiger partial charge in [0.05, 0.1) is 6.54 Å². The molecule has 1 aromatic heterocycles. The molecule has 26 heavy (non-hydrogen) atoms. The number of piperazine rings is 1. The molecule has 3 rings (SSSR count). The molecule has 0 atom stereocenters. The number of nitrogens with one attached hydrogen (secondary N) is 2. The number of nitrogens with zero attached hydrogens (tertiary/aromatic N) is 2. The monoisotopic (exact) mass is 360 g/mol. The lowest BCUT2D eigenvalue weighted by molar-refractivity contribution is -0.123. The van der Waals surface area contributed by atoms with Gasteiger partial charge in [-0.3, -0.25) is 19.4 Å². The van der Waals surface area contributed by atoms with Gasteiger partial charge < -0.3 is 10.3 Å². The summed E-state index contributed by atoms with van der Waals surface area (Å²) < 4.78 is 13.3. The maximum atomic E-state index is 13.3. The first-order valence-corrected chi connectivity index (χ1v) is 8.96. The largest absolute Gasteiger partial charge is 0.357 e. The zero-order valence-electron chi connectivity index (χ0n) is 15.2. The van der Waals surface area contributed by atoms with Crippen molar-refractivity contribution in [2.24, 2.45) is 0 Å². The summed E-state index contributed by atoms with van der Waals surface area (Å²) in [4.78, 5) is 31.7. The van der Waals surface area contributed by atoms with E-state index >= 15 is 0 Å². The van der Waals surface area contributed by atoms with Crippen molar-refractivity contribution >= 4 is 16.8 Å². The molecule has 1 aromatic carbocycles. The Hall–Kier alpha value is -2.25. The number of carbonyl (C=O) groups is 1. The molecule has 1 saturated heterocycles. The van der Waals surface area contributed by atoms with Crippen LogP contribution in [0.3, 0.4) is 0 Å². The molecular formula is C19H25FN4O2. The summed E-state index contributed by atoms with van der Waals surface area (Å²) in [6.07, 6.45) is 0. The van der Waals surface area contributed by atoms with Crippen molar-refractivity contribution in [1.29, 1.82) is 0 Å². The van der Waals surface area contributed by atoms with E-state index in [1.807, 2.05) is 13.8 Å². The number of halogens is 1. The first-order chi connectivity index (χ1) is 12.4. The highest BCUT2D eigenvalue weighted by molar-refractivity contribution is 5.78. The Morgan fingerprint density at radius 2 is 1.88 bits per heavy atom. The molecule has 0 radical (unpaired) electrons. The maximum absolute atomic E-state index is 13.3. The molecule has 1 amide bonds. The van der Waals surface area contributed by atoms with Gasteiger partial charge in [0.1, 0.15) is 5.82 Å². The number of H-pyrrole nitrogens is 1. The molecule has 0 unspecified atom stereocenters. The van der Waals surface area contributed by atoms with Crippen LogP contribution in [0, 0.1) is 5.82 Å². The van der Waals surface area contributed by atoms with Crippen LogP contribution in [0.2, 0.25) is 0 Å². The van der Waals surface area contributed by atoms with Gasteiger partial charge in [-0.15, -0.1) is 0 Å². The van der Waals surface area contributed by atoms with E-state index in [1.165, 1.54) is 12.1 Å². The molecule has 2 N–H and O–H groups in total. The van der Waals surface area contributed by atoms with E-state index in [1.54, 1.807) is 12.1 Å². The second-order valence-corrected chi connectivity index (χ2v) is 7.12. The summed E-state index contributed by atoms with van der Waals surface area (Å²) in [7, 11) is 0. The number of aromatic amines is 1. The summed E-state index contributed by atoms with van der Waals surface area (Å²) >= 11 is 0. The van der Waals surface area contributed by atoms with Gasteiger partial charge in [-0.1, -0.05) is 0 Å². The molecule has 0 saturated carbocycles. The molecule has 0 spiro atoms. The fraction of sp³-hybridized carbons (Fsp3) is 0.474. The van der Waals surface area contributed by atoms with Crippen molar-refractivity contribution in [2.45, 2.75) is 26.4 Å². The Morgan fingerprint density at radius 1 is 1.19 bits per heavy atom. The van der Waals surface area contributed by atoms with E-state index in [9.17, 15) is 14.0 Å². The fourth-order valence-electron chi connectivity index (χ4n) is 3.28. The fourth-order valence-corrected chi connectivity index (χ4v) is 3.28. The smallest absolute Gasteiger partial charge is 0.234 e. The van der Waals surface area contributed by atoms with Gasteiger partial charge >= 0.3 is 0 Å². The van der Waals surface area contributed by atoms with E-state index in [4.69, 9.17) is 0 Å². The third-order valence-electron chi connectivity index (χ3n) is 4.52. The van der Waals surface area contributed by atoms with Crippen LogP contribution in [0.5, 0.6) is 0 Å². The number of fused-ring (bicyclic) bond motifs is 1. The van der Waals surface area contributed by atoms with Crippen molar-refractivity contribution in [3.63, 3.8) is 0 Å². The Bertz CT molecular complexity index is 841. The predicted molar refractivity (Wildman–Crippen MR) is 99.5 cm³/mol. The number of carbonyl (C=O) groups excluding carboxylic acids is 1. The third kappa shape index (κ3) is 4.68. The lowest BCUT2D eigenvalue weighted by Gasteiger charge is -2.34. The molecule has 2 heterocycles. The van der Waals surface area contributed by atoms with Gasteiger partial charge in [0.2, 0.25) is 5.91 Å². The third-order valence-corrected chi connectivity index (χ3v) is 4.52. The SMILES string of the molecule is CC(C)NC(=O)CN1CCN(Cc2cc(=O)c3cc(F)ccc3[nH]2)CC1. The van der Waals surface area contributed by atoms with Crippen LogP contribution in [0.1, 0.15) is 19.5 Å². The number of hydrogen-bond donors (Lipinski definition) is 2. The average molecular weight is 360 g/mol. The summed E-state index contributed by atoms with van der Waals surface area (Å²) in [6.45, 7) is 8.25. The van der Waals surface area contributed by atoms with Crippen molar-refractivity contribution in [3.8, 4) is 0 Å². The van der Waals surface area contributed by atoms with Crippen molar-refractivity contribution in [3.05, 3.63) is 46.0 Å². The van der Waals surface area contributed by atoms with Crippen LogP contribution < -0.4 is 10.7 Å². The normalized spacial score (nSPS) is 16.3. The zero-order valence-corrected chi connectivity index (χ0v) is 15.2. The molecule has 0 aliphatic carbocycles. The van der Waals surface area contributed by atoms with Gasteiger partial charge in [-0.25, -0.2) is 4.39 Å². The van der Waals surface area contributed by atoms with E-state index in [0.29, 0.717) is 24.0 Å². The Kier molecular flexibility index (Phi) is 5.68. The topological polar surface area (TPSA) is 68.4 Å². The van der Waals surface area contributed by atoms with Crippen molar-refractivity contribution < 1.29 is 9.18 Å². The lowest BCUT2D eigenvalue weighted by Crippen LogP contribution is -2.49.